The Morgan fingerprint density at radius 1 is 1.09 bits per heavy atom. The fourth-order valence-electron chi connectivity index (χ4n) is 3.58. The molecule has 0 N–H and O–H groups in total. The largest absolute Gasteiger partial charge is 0.490 e. The SMILES string of the molecule is CCOc1cc(/C=C2/SC(=O)N(CC(=O)N3CCOCC3)C2=O)ccc1OCc1ccc(Cl)cc1. The first kappa shape index (κ1) is 25.1. The number of morpholine rings is 1. The van der Waals surface area contributed by atoms with E-state index in [9.17, 15) is 14.4 Å². The summed E-state index contributed by atoms with van der Waals surface area (Å²) in [6.45, 7) is 4.18. The zero-order valence-electron chi connectivity index (χ0n) is 19.2. The Morgan fingerprint density at radius 3 is 2.54 bits per heavy atom. The molecule has 2 aromatic carbocycles. The zero-order valence-corrected chi connectivity index (χ0v) is 20.8. The molecule has 4 rings (SSSR count). The second-order valence-electron chi connectivity index (χ2n) is 7.82. The molecule has 0 aromatic heterocycles. The molecular weight excluding hydrogens is 492 g/mol. The van der Waals surface area contributed by atoms with Crippen LogP contribution in [0.25, 0.3) is 6.08 Å². The van der Waals surface area contributed by atoms with Crippen LogP contribution >= 0.6 is 23.4 Å². The van der Waals surface area contributed by atoms with Crippen LogP contribution in [0.2, 0.25) is 5.02 Å². The van der Waals surface area contributed by atoms with E-state index >= 15 is 0 Å². The number of carbonyl (C=O) groups is 3. The number of hydrogen-bond donors (Lipinski definition) is 0. The molecule has 2 aliphatic rings. The average molecular weight is 517 g/mol. The van der Waals surface area contributed by atoms with Crippen LogP contribution < -0.4 is 9.47 Å². The lowest BCUT2D eigenvalue weighted by Crippen LogP contribution is -2.46. The summed E-state index contributed by atoms with van der Waals surface area (Å²) in [7, 11) is 0. The maximum absolute atomic E-state index is 12.9. The van der Waals surface area contributed by atoms with Gasteiger partial charge in [-0.05, 0) is 60.2 Å². The van der Waals surface area contributed by atoms with E-state index in [1.807, 2.05) is 19.1 Å². The van der Waals surface area contributed by atoms with Gasteiger partial charge in [0, 0.05) is 18.1 Å². The first-order valence-corrected chi connectivity index (χ1v) is 12.4. The maximum atomic E-state index is 12.9. The fraction of sp³-hybridized carbons (Fsp3) is 0.320. The third kappa shape index (κ3) is 6.36. The van der Waals surface area contributed by atoms with Crippen LogP contribution in [0.3, 0.4) is 0 Å². The van der Waals surface area contributed by atoms with E-state index in [1.165, 1.54) is 0 Å². The Morgan fingerprint density at radius 2 is 1.83 bits per heavy atom. The Hall–Kier alpha value is -3.01. The molecule has 0 bridgehead atoms. The van der Waals surface area contributed by atoms with E-state index in [-0.39, 0.29) is 17.4 Å². The van der Waals surface area contributed by atoms with Crippen LogP contribution in [0.4, 0.5) is 4.79 Å². The van der Waals surface area contributed by atoms with Crippen LogP contribution in [0.15, 0.2) is 47.4 Å². The van der Waals surface area contributed by atoms with Gasteiger partial charge in [0.05, 0.1) is 24.7 Å². The maximum Gasteiger partial charge on any atom is 0.294 e. The van der Waals surface area contributed by atoms with Crippen molar-refractivity contribution in [3.63, 3.8) is 0 Å². The smallest absolute Gasteiger partial charge is 0.294 e. The van der Waals surface area contributed by atoms with Crippen molar-refractivity contribution in [2.45, 2.75) is 13.5 Å². The minimum absolute atomic E-state index is 0.252. The number of ether oxygens (including phenoxy) is 3. The Bertz CT molecular complexity index is 1130. The third-order valence-electron chi connectivity index (χ3n) is 5.40. The number of carbonyl (C=O) groups excluding carboxylic acids is 3. The molecule has 0 atom stereocenters. The van der Waals surface area contributed by atoms with E-state index in [0.717, 1.165) is 22.2 Å². The zero-order chi connectivity index (χ0) is 24.8. The highest BCUT2D eigenvalue weighted by Gasteiger charge is 2.37. The molecular formula is C25H25ClN2O6S. The van der Waals surface area contributed by atoms with E-state index in [1.54, 1.807) is 41.3 Å². The first-order chi connectivity index (χ1) is 16.9. The second-order valence-corrected chi connectivity index (χ2v) is 9.24. The van der Waals surface area contributed by atoms with Gasteiger partial charge in [-0.2, -0.15) is 0 Å². The number of amides is 3. The molecule has 2 saturated heterocycles. The molecule has 2 aliphatic heterocycles. The number of imide groups is 1. The Balaban J connectivity index is 1.45. The lowest BCUT2D eigenvalue weighted by molar-refractivity contribution is -0.139. The Kier molecular flexibility index (Phi) is 8.33. The van der Waals surface area contributed by atoms with Gasteiger partial charge in [-0.15, -0.1) is 0 Å². The lowest BCUT2D eigenvalue weighted by Gasteiger charge is -2.28. The van der Waals surface area contributed by atoms with Gasteiger partial charge in [0.25, 0.3) is 11.1 Å². The van der Waals surface area contributed by atoms with Crippen molar-refractivity contribution in [2.24, 2.45) is 0 Å². The van der Waals surface area contributed by atoms with Crippen LogP contribution in [0.1, 0.15) is 18.1 Å². The summed E-state index contributed by atoms with van der Waals surface area (Å²) in [5, 5.41) is 0.193. The van der Waals surface area contributed by atoms with Crippen LogP contribution in [-0.4, -0.2) is 66.3 Å². The van der Waals surface area contributed by atoms with Crippen LogP contribution in [-0.2, 0) is 20.9 Å². The van der Waals surface area contributed by atoms with Crippen molar-refractivity contribution >= 4 is 46.5 Å². The molecule has 2 heterocycles. The van der Waals surface area contributed by atoms with Gasteiger partial charge in [-0.1, -0.05) is 29.8 Å². The summed E-state index contributed by atoms with van der Waals surface area (Å²) in [6, 6.07) is 12.7. The van der Waals surface area contributed by atoms with Gasteiger partial charge in [-0.25, -0.2) is 0 Å². The molecule has 3 amide bonds. The summed E-state index contributed by atoms with van der Waals surface area (Å²) < 4.78 is 16.9. The van der Waals surface area contributed by atoms with Crippen molar-refractivity contribution in [3.8, 4) is 11.5 Å². The van der Waals surface area contributed by atoms with Crippen molar-refractivity contribution in [1.29, 1.82) is 0 Å². The molecule has 0 radical (unpaired) electrons. The fourth-order valence-corrected chi connectivity index (χ4v) is 4.54. The van der Waals surface area contributed by atoms with E-state index in [2.05, 4.69) is 0 Å². The molecule has 35 heavy (non-hydrogen) atoms. The highest BCUT2D eigenvalue weighted by Crippen LogP contribution is 2.35. The van der Waals surface area contributed by atoms with Gasteiger partial charge in [0.1, 0.15) is 13.2 Å². The summed E-state index contributed by atoms with van der Waals surface area (Å²) in [5.41, 5.74) is 1.64. The highest BCUT2D eigenvalue weighted by molar-refractivity contribution is 8.18. The van der Waals surface area contributed by atoms with Crippen molar-refractivity contribution in [3.05, 3.63) is 63.5 Å². The average Bonchev–Trinajstić information content (AvgIpc) is 3.12. The molecule has 2 fully saturated rings. The third-order valence-corrected chi connectivity index (χ3v) is 6.56. The number of nitrogens with zero attached hydrogens (tertiary/aromatic N) is 2. The minimum Gasteiger partial charge on any atom is -0.490 e. The van der Waals surface area contributed by atoms with E-state index < -0.39 is 11.1 Å². The van der Waals surface area contributed by atoms with Gasteiger partial charge < -0.3 is 19.1 Å². The summed E-state index contributed by atoms with van der Waals surface area (Å²) in [4.78, 5) is 40.6. The van der Waals surface area contributed by atoms with Crippen molar-refractivity contribution < 1.29 is 28.6 Å². The standard InChI is InChI=1S/C25H25ClN2O6S/c1-2-33-21-13-18(5-8-20(21)34-16-17-3-6-19(26)7-4-17)14-22-24(30)28(25(31)35-22)15-23(29)27-9-11-32-12-10-27/h3-8,13-14H,2,9-12,15-16H2,1H3/b22-14+. The second kappa shape index (κ2) is 11.6. The number of thioether (sulfide) groups is 1. The predicted molar refractivity (Wildman–Crippen MR) is 133 cm³/mol. The molecule has 8 nitrogen and oxygen atoms in total. The van der Waals surface area contributed by atoms with Crippen LogP contribution in [0, 0.1) is 0 Å². The summed E-state index contributed by atoms with van der Waals surface area (Å²) in [5.74, 6) is 0.334. The number of halogens is 1. The van der Waals surface area contributed by atoms with Gasteiger partial charge >= 0.3 is 0 Å². The quantitative estimate of drug-likeness (QED) is 0.486. The molecule has 10 heteroatoms. The van der Waals surface area contributed by atoms with E-state index in [4.69, 9.17) is 25.8 Å². The Labute approximate surface area is 212 Å². The lowest BCUT2D eigenvalue weighted by atomic mass is 10.1. The van der Waals surface area contributed by atoms with Gasteiger partial charge in [0.2, 0.25) is 5.91 Å². The number of rotatable bonds is 8. The number of benzene rings is 2. The molecule has 184 valence electrons. The topological polar surface area (TPSA) is 85.4 Å². The monoisotopic (exact) mass is 516 g/mol. The number of hydrogen-bond acceptors (Lipinski definition) is 7. The van der Waals surface area contributed by atoms with Crippen molar-refractivity contribution in [2.75, 3.05) is 39.5 Å². The highest BCUT2D eigenvalue weighted by atomic mass is 35.5. The molecule has 0 unspecified atom stereocenters. The normalized spacial score (nSPS) is 17.3. The molecule has 0 aliphatic carbocycles. The van der Waals surface area contributed by atoms with Gasteiger partial charge in [-0.3, -0.25) is 19.3 Å². The van der Waals surface area contributed by atoms with Gasteiger partial charge in [0.15, 0.2) is 11.5 Å². The molecule has 0 saturated carbocycles. The minimum atomic E-state index is -0.484. The van der Waals surface area contributed by atoms with Crippen molar-refractivity contribution in [1.82, 2.24) is 9.80 Å². The molecule has 2 aromatic rings. The summed E-state index contributed by atoms with van der Waals surface area (Å²) in [6.07, 6.45) is 1.62. The summed E-state index contributed by atoms with van der Waals surface area (Å²) >= 11 is 6.75. The predicted octanol–water partition coefficient (Wildman–Crippen LogP) is 4.21. The molecule has 0 spiro atoms. The van der Waals surface area contributed by atoms with E-state index in [0.29, 0.717) is 61.6 Å². The van der Waals surface area contributed by atoms with Crippen LogP contribution in [0.5, 0.6) is 11.5 Å². The first-order valence-electron chi connectivity index (χ1n) is 11.2.